The molecule has 1 nitrogen and oxygen atoms in total. The number of hydrogen-bond donors (Lipinski definition) is 1. The van der Waals surface area contributed by atoms with E-state index in [9.17, 15) is 0 Å². The molecule has 2 heteroatoms. The maximum Gasteiger partial charge on any atom is 0.0411 e. The zero-order valence-electron chi connectivity index (χ0n) is 10.0. The van der Waals surface area contributed by atoms with Crippen molar-refractivity contribution in [2.24, 2.45) is 5.73 Å². The third-order valence-electron chi connectivity index (χ3n) is 2.02. The standard InChI is InChI=1S/C11H16ClN.C2H6/c1-9-6-10(4-2-3-5-13)8-11(12)7-9;1-2/h6-8H,2-5,13H2,1H3;1-2H3. The molecule has 0 heterocycles. The number of nitrogens with two attached hydrogens (primary N) is 1. The van der Waals surface area contributed by atoms with Crippen molar-refractivity contribution in [3.8, 4) is 0 Å². The van der Waals surface area contributed by atoms with Crippen molar-refractivity contribution < 1.29 is 0 Å². The van der Waals surface area contributed by atoms with Crippen molar-refractivity contribution in [3.63, 3.8) is 0 Å². The zero-order chi connectivity index (χ0) is 11.7. The molecule has 1 aromatic carbocycles. The second-order valence-corrected chi connectivity index (χ2v) is 3.82. The summed E-state index contributed by atoms with van der Waals surface area (Å²) in [6.07, 6.45) is 3.32. The molecular formula is C13H22ClN. The van der Waals surface area contributed by atoms with E-state index in [0.717, 1.165) is 30.8 Å². The van der Waals surface area contributed by atoms with Gasteiger partial charge in [-0.2, -0.15) is 0 Å². The van der Waals surface area contributed by atoms with Crippen molar-refractivity contribution in [2.45, 2.75) is 40.0 Å². The second-order valence-electron chi connectivity index (χ2n) is 3.38. The third-order valence-corrected chi connectivity index (χ3v) is 2.24. The highest BCUT2D eigenvalue weighted by molar-refractivity contribution is 6.30. The third kappa shape index (κ3) is 6.53. The van der Waals surface area contributed by atoms with Crippen LogP contribution in [0.3, 0.4) is 0 Å². The van der Waals surface area contributed by atoms with E-state index in [4.69, 9.17) is 17.3 Å². The fourth-order valence-electron chi connectivity index (χ4n) is 1.43. The largest absolute Gasteiger partial charge is 0.330 e. The van der Waals surface area contributed by atoms with Crippen molar-refractivity contribution >= 4 is 11.6 Å². The van der Waals surface area contributed by atoms with Gasteiger partial charge in [-0.15, -0.1) is 0 Å². The molecule has 0 fully saturated rings. The first-order valence-corrected chi connectivity index (χ1v) is 6.06. The molecule has 86 valence electrons. The molecular weight excluding hydrogens is 206 g/mol. The van der Waals surface area contributed by atoms with E-state index in [-0.39, 0.29) is 0 Å². The van der Waals surface area contributed by atoms with Crippen LogP contribution in [0, 0.1) is 6.92 Å². The molecule has 2 N–H and O–H groups in total. The first kappa shape index (κ1) is 14.5. The van der Waals surface area contributed by atoms with E-state index in [1.807, 2.05) is 26.0 Å². The first-order chi connectivity index (χ1) is 7.22. The summed E-state index contributed by atoms with van der Waals surface area (Å²) in [5, 5.41) is 0.836. The van der Waals surface area contributed by atoms with Gasteiger partial charge in [0.15, 0.2) is 0 Å². The molecule has 0 radical (unpaired) electrons. The van der Waals surface area contributed by atoms with E-state index in [2.05, 4.69) is 13.0 Å². The molecule has 0 saturated heterocycles. The molecule has 1 aromatic rings. The van der Waals surface area contributed by atoms with Crippen molar-refractivity contribution in [3.05, 3.63) is 34.3 Å². The summed E-state index contributed by atoms with van der Waals surface area (Å²) >= 11 is 5.94. The van der Waals surface area contributed by atoms with Crippen LogP contribution >= 0.6 is 11.6 Å². The van der Waals surface area contributed by atoms with Crippen LogP contribution in [0.15, 0.2) is 18.2 Å². The fourth-order valence-corrected chi connectivity index (χ4v) is 1.74. The number of benzene rings is 1. The van der Waals surface area contributed by atoms with Gasteiger partial charge >= 0.3 is 0 Å². The number of hydrogen-bond acceptors (Lipinski definition) is 1. The summed E-state index contributed by atoms with van der Waals surface area (Å²) in [5.74, 6) is 0. The quantitative estimate of drug-likeness (QED) is 0.775. The number of unbranched alkanes of at least 4 members (excludes halogenated alkanes) is 1. The van der Waals surface area contributed by atoms with E-state index in [0.29, 0.717) is 0 Å². The zero-order valence-corrected chi connectivity index (χ0v) is 10.8. The minimum atomic E-state index is 0.777. The Hall–Kier alpha value is -0.530. The van der Waals surface area contributed by atoms with Crippen molar-refractivity contribution in [1.29, 1.82) is 0 Å². The van der Waals surface area contributed by atoms with Gasteiger partial charge in [-0.3, -0.25) is 0 Å². The molecule has 0 atom stereocenters. The minimum absolute atomic E-state index is 0.777. The van der Waals surface area contributed by atoms with Gasteiger partial charge in [0.1, 0.15) is 0 Å². The topological polar surface area (TPSA) is 26.0 Å². The molecule has 0 amide bonds. The summed E-state index contributed by atoms with van der Waals surface area (Å²) < 4.78 is 0. The van der Waals surface area contributed by atoms with Gasteiger partial charge in [-0.1, -0.05) is 31.5 Å². The van der Waals surface area contributed by atoms with Crippen molar-refractivity contribution in [1.82, 2.24) is 0 Å². The lowest BCUT2D eigenvalue weighted by atomic mass is 10.1. The lowest BCUT2D eigenvalue weighted by molar-refractivity contribution is 0.744. The normalized spacial score (nSPS) is 9.40. The molecule has 0 aliphatic heterocycles. The second kappa shape index (κ2) is 8.75. The number of rotatable bonds is 4. The Morgan fingerprint density at radius 1 is 1.13 bits per heavy atom. The highest BCUT2D eigenvalue weighted by Gasteiger charge is 1.96. The minimum Gasteiger partial charge on any atom is -0.330 e. The van der Waals surface area contributed by atoms with Gasteiger partial charge in [-0.25, -0.2) is 0 Å². The molecule has 1 rings (SSSR count). The van der Waals surface area contributed by atoms with Gasteiger partial charge in [0.05, 0.1) is 0 Å². The monoisotopic (exact) mass is 227 g/mol. The van der Waals surface area contributed by atoms with Crippen LogP contribution in [0.25, 0.3) is 0 Å². The smallest absolute Gasteiger partial charge is 0.0411 e. The predicted molar refractivity (Wildman–Crippen MR) is 69.5 cm³/mol. The summed E-state index contributed by atoms with van der Waals surface area (Å²) in [7, 11) is 0. The first-order valence-electron chi connectivity index (χ1n) is 5.68. The van der Waals surface area contributed by atoms with Gasteiger partial charge in [0.2, 0.25) is 0 Å². The maximum absolute atomic E-state index is 5.94. The molecule has 0 aromatic heterocycles. The van der Waals surface area contributed by atoms with E-state index in [1.54, 1.807) is 0 Å². The van der Waals surface area contributed by atoms with Gasteiger partial charge in [0.25, 0.3) is 0 Å². The van der Waals surface area contributed by atoms with Crippen LogP contribution in [0.4, 0.5) is 0 Å². The Morgan fingerprint density at radius 3 is 2.33 bits per heavy atom. The van der Waals surface area contributed by atoms with E-state index in [1.165, 1.54) is 11.1 Å². The Morgan fingerprint density at radius 2 is 1.80 bits per heavy atom. The molecule has 0 aliphatic carbocycles. The number of halogens is 1. The van der Waals surface area contributed by atoms with Gasteiger partial charge in [0, 0.05) is 5.02 Å². The molecule has 15 heavy (non-hydrogen) atoms. The van der Waals surface area contributed by atoms with Crippen LogP contribution in [0.1, 0.15) is 37.8 Å². The van der Waals surface area contributed by atoms with E-state index >= 15 is 0 Å². The summed E-state index contributed by atoms with van der Waals surface area (Å²) in [6, 6.07) is 6.20. The number of aryl methyl sites for hydroxylation is 2. The molecule has 0 bridgehead atoms. The summed E-state index contributed by atoms with van der Waals surface area (Å²) in [4.78, 5) is 0. The Kier molecular flexibility index (Phi) is 8.44. The van der Waals surface area contributed by atoms with E-state index < -0.39 is 0 Å². The lowest BCUT2D eigenvalue weighted by Crippen LogP contribution is -1.99. The predicted octanol–water partition coefficient (Wildman–Crippen LogP) is 3.96. The SMILES string of the molecule is CC.Cc1cc(Cl)cc(CCCCN)c1. The van der Waals surface area contributed by atoms with Crippen LogP contribution in [-0.2, 0) is 6.42 Å². The molecule has 0 unspecified atom stereocenters. The van der Waals surface area contributed by atoms with Crippen LogP contribution < -0.4 is 5.73 Å². The fraction of sp³-hybridized carbons (Fsp3) is 0.538. The highest BCUT2D eigenvalue weighted by atomic mass is 35.5. The molecule has 0 aliphatic rings. The average molecular weight is 228 g/mol. The molecule has 0 spiro atoms. The van der Waals surface area contributed by atoms with Gasteiger partial charge in [-0.05, 0) is 56.0 Å². The lowest BCUT2D eigenvalue weighted by Gasteiger charge is -2.03. The Labute approximate surface area is 98.6 Å². The maximum atomic E-state index is 5.94. The Balaban J connectivity index is 0.000000921. The van der Waals surface area contributed by atoms with Crippen LogP contribution in [0.2, 0.25) is 5.02 Å². The van der Waals surface area contributed by atoms with Crippen LogP contribution in [-0.4, -0.2) is 6.54 Å². The average Bonchev–Trinajstić information content (AvgIpc) is 2.20. The van der Waals surface area contributed by atoms with Gasteiger partial charge < -0.3 is 5.73 Å². The highest BCUT2D eigenvalue weighted by Crippen LogP contribution is 2.16. The summed E-state index contributed by atoms with van der Waals surface area (Å²) in [6.45, 7) is 6.85. The molecule has 0 saturated carbocycles. The van der Waals surface area contributed by atoms with Crippen molar-refractivity contribution in [2.75, 3.05) is 6.54 Å². The Bertz CT molecular complexity index is 251. The summed E-state index contributed by atoms with van der Waals surface area (Å²) in [5.41, 5.74) is 7.98. The van der Waals surface area contributed by atoms with Crippen LogP contribution in [0.5, 0.6) is 0 Å².